The number of H-pyrrole nitrogens is 1. The van der Waals surface area contributed by atoms with Gasteiger partial charge in [0, 0.05) is 38.1 Å². The second kappa shape index (κ2) is 12.4. The number of hydrogen-bond acceptors (Lipinski definition) is 5. The van der Waals surface area contributed by atoms with E-state index in [-0.39, 0.29) is 11.3 Å². The zero-order chi connectivity index (χ0) is 28.1. The fraction of sp³-hybridized carbons (Fsp3) is 0.412. The van der Waals surface area contributed by atoms with Gasteiger partial charge >= 0.3 is 0 Å². The monoisotopic (exact) mass is 552 g/mol. The average Bonchev–Trinajstić information content (AvgIpc) is 3.44. The number of methoxy groups -OCH3 is 1. The van der Waals surface area contributed by atoms with Crippen LogP contribution in [0.1, 0.15) is 53.7 Å². The van der Waals surface area contributed by atoms with E-state index in [2.05, 4.69) is 51.5 Å². The summed E-state index contributed by atoms with van der Waals surface area (Å²) >= 11 is 0. The minimum atomic E-state index is 0.0329. The zero-order valence-electron chi connectivity index (χ0n) is 24.0. The lowest BCUT2D eigenvalue weighted by Gasteiger charge is -2.45. The summed E-state index contributed by atoms with van der Waals surface area (Å²) in [6.45, 7) is 4.88. The van der Waals surface area contributed by atoms with E-state index >= 15 is 0 Å². The first-order valence-corrected chi connectivity index (χ1v) is 14.9. The van der Waals surface area contributed by atoms with E-state index in [1.165, 1.54) is 24.0 Å². The molecular formula is C34H40N4O3. The third kappa shape index (κ3) is 6.25. The highest BCUT2D eigenvalue weighted by molar-refractivity contribution is 6.04. The maximum absolute atomic E-state index is 13.5. The number of nitrogens with one attached hydrogen (secondary N) is 1. The number of aryl methyl sites for hydroxylation is 1. The number of carbonyl (C=O) groups is 1. The van der Waals surface area contributed by atoms with Gasteiger partial charge in [-0.2, -0.15) is 5.10 Å². The predicted octanol–water partition coefficient (Wildman–Crippen LogP) is 6.10. The van der Waals surface area contributed by atoms with Gasteiger partial charge in [0.15, 0.2) is 5.69 Å². The number of nitrogens with zero attached hydrogens (tertiary/aromatic N) is 3. The van der Waals surface area contributed by atoms with E-state index < -0.39 is 0 Å². The third-order valence-electron chi connectivity index (χ3n) is 8.95. The van der Waals surface area contributed by atoms with E-state index in [0.717, 1.165) is 80.8 Å². The van der Waals surface area contributed by atoms with Gasteiger partial charge in [-0.25, -0.2) is 0 Å². The fourth-order valence-electron chi connectivity index (χ4n) is 6.58. The van der Waals surface area contributed by atoms with Crippen molar-refractivity contribution in [3.05, 3.63) is 89.6 Å². The van der Waals surface area contributed by atoms with Crippen LogP contribution in [0.25, 0.3) is 10.9 Å². The number of hydrogen-bond donors (Lipinski definition) is 1. The van der Waals surface area contributed by atoms with Crippen LogP contribution in [0.2, 0.25) is 0 Å². The Bertz CT molecular complexity index is 1460. The quantitative estimate of drug-likeness (QED) is 0.331. The van der Waals surface area contributed by atoms with Crippen molar-refractivity contribution in [3.63, 3.8) is 0 Å². The maximum Gasteiger partial charge on any atom is 0.274 e. The summed E-state index contributed by atoms with van der Waals surface area (Å²) in [5.41, 5.74) is 4.17. The van der Waals surface area contributed by atoms with Crippen LogP contribution < -0.4 is 9.47 Å². The summed E-state index contributed by atoms with van der Waals surface area (Å²) in [7, 11) is 1.70. The highest BCUT2D eigenvalue weighted by Gasteiger charge is 2.38. The summed E-state index contributed by atoms with van der Waals surface area (Å²) in [5, 5.41) is 8.31. The molecule has 0 radical (unpaired) electrons. The van der Waals surface area contributed by atoms with E-state index in [0.29, 0.717) is 12.3 Å². The molecule has 1 spiro atoms. The summed E-state index contributed by atoms with van der Waals surface area (Å²) in [5.74, 6) is 1.93. The Balaban J connectivity index is 1.20. The van der Waals surface area contributed by atoms with Crippen LogP contribution in [0, 0.1) is 5.41 Å². The van der Waals surface area contributed by atoms with Gasteiger partial charge in [-0.15, -0.1) is 0 Å². The summed E-state index contributed by atoms with van der Waals surface area (Å²) in [4.78, 5) is 18.1. The Labute approximate surface area is 242 Å². The molecule has 2 aliphatic heterocycles. The van der Waals surface area contributed by atoms with Crippen LogP contribution in [-0.4, -0.2) is 65.8 Å². The second-order valence-corrected chi connectivity index (χ2v) is 11.6. The average molecular weight is 553 g/mol. The molecule has 1 saturated heterocycles. The summed E-state index contributed by atoms with van der Waals surface area (Å²) in [6.07, 6.45) is 6.52. The van der Waals surface area contributed by atoms with Crippen LogP contribution in [0.5, 0.6) is 11.5 Å². The van der Waals surface area contributed by atoms with Crippen LogP contribution in [-0.2, 0) is 13.0 Å². The Kier molecular flexibility index (Phi) is 8.23. The van der Waals surface area contributed by atoms with E-state index in [1.54, 1.807) is 7.11 Å². The van der Waals surface area contributed by atoms with Gasteiger partial charge < -0.3 is 14.4 Å². The van der Waals surface area contributed by atoms with Gasteiger partial charge in [0.25, 0.3) is 5.91 Å². The molecule has 0 saturated carbocycles. The zero-order valence-corrected chi connectivity index (χ0v) is 24.0. The van der Waals surface area contributed by atoms with Crippen LogP contribution in [0.4, 0.5) is 0 Å². The molecule has 0 bridgehead atoms. The van der Waals surface area contributed by atoms with Crippen molar-refractivity contribution in [1.82, 2.24) is 20.0 Å². The molecule has 3 aromatic carbocycles. The van der Waals surface area contributed by atoms with Crippen molar-refractivity contribution in [2.75, 3.05) is 39.9 Å². The largest absolute Gasteiger partial charge is 0.497 e. The van der Waals surface area contributed by atoms with Gasteiger partial charge in [0.05, 0.1) is 12.6 Å². The number of likely N-dealkylation sites (tertiary alicyclic amines) is 1. The van der Waals surface area contributed by atoms with E-state index in [4.69, 9.17) is 9.47 Å². The van der Waals surface area contributed by atoms with Crippen molar-refractivity contribution in [2.24, 2.45) is 5.41 Å². The molecule has 41 heavy (non-hydrogen) atoms. The minimum absolute atomic E-state index is 0.0329. The number of rotatable bonds is 4. The number of ether oxygens (including phenoxy) is 2. The van der Waals surface area contributed by atoms with Crippen molar-refractivity contribution in [1.29, 1.82) is 0 Å². The molecule has 7 nitrogen and oxygen atoms in total. The SMILES string of the molecule is COc1ccc(CN2CCOc3ccccc3CCCCC3(CCN(C(=O)c4n[nH]c5ccccc45)CC3)C2)cc1. The summed E-state index contributed by atoms with van der Waals surface area (Å²) < 4.78 is 11.7. The first-order chi connectivity index (χ1) is 20.1. The molecule has 6 rings (SSSR count). The fourth-order valence-corrected chi connectivity index (χ4v) is 6.58. The number of piperidine rings is 1. The minimum Gasteiger partial charge on any atom is -0.497 e. The predicted molar refractivity (Wildman–Crippen MR) is 161 cm³/mol. The molecule has 2 aliphatic rings. The normalized spacial score (nSPS) is 18.2. The Morgan fingerprint density at radius 3 is 2.56 bits per heavy atom. The van der Waals surface area contributed by atoms with Gasteiger partial charge in [-0.1, -0.05) is 55.0 Å². The van der Waals surface area contributed by atoms with Crippen LogP contribution in [0.15, 0.2) is 72.8 Å². The topological polar surface area (TPSA) is 70.7 Å². The molecule has 3 heterocycles. The first-order valence-electron chi connectivity index (χ1n) is 14.9. The molecule has 0 atom stereocenters. The lowest BCUT2D eigenvalue weighted by atomic mass is 9.73. The molecule has 1 aromatic heterocycles. The number of benzene rings is 3. The second-order valence-electron chi connectivity index (χ2n) is 11.6. The highest BCUT2D eigenvalue weighted by atomic mass is 16.5. The molecule has 1 fully saturated rings. The molecule has 4 aromatic rings. The Morgan fingerprint density at radius 2 is 1.73 bits per heavy atom. The van der Waals surface area contributed by atoms with Crippen molar-refractivity contribution in [3.8, 4) is 11.5 Å². The lowest BCUT2D eigenvalue weighted by Crippen LogP contribution is -2.48. The maximum atomic E-state index is 13.5. The van der Waals surface area contributed by atoms with Crippen molar-refractivity contribution < 1.29 is 14.3 Å². The number of fused-ring (bicyclic) bond motifs is 2. The van der Waals surface area contributed by atoms with E-state index in [1.807, 2.05) is 41.3 Å². The van der Waals surface area contributed by atoms with Gasteiger partial charge in [0.2, 0.25) is 0 Å². The van der Waals surface area contributed by atoms with Crippen molar-refractivity contribution >= 4 is 16.8 Å². The van der Waals surface area contributed by atoms with Gasteiger partial charge in [-0.3, -0.25) is 14.8 Å². The van der Waals surface area contributed by atoms with Gasteiger partial charge in [-0.05, 0) is 72.9 Å². The number of aromatic nitrogens is 2. The molecule has 0 unspecified atom stereocenters. The molecule has 0 aliphatic carbocycles. The number of amides is 1. The molecular weight excluding hydrogens is 512 g/mol. The van der Waals surface area contributed by atoms with Crippen LogP contribution >= 0.6 is 0 Å². The summed E-state index contributed by atoms with van der Waals surface area (Å²) in [6, 6.07) is 24.7. The number of para-hydroxylation sites is 2. The highest BCUT2D eigenvalue weighted by Crippen LogP contribution is 2.39. The molecule has 7 heteroatoms. The smallest absolute Gasteiger partial charge is 0.274 e. The molecule has 1 N–H and O–H groups in total. The Hall–Kier alpha value is -3.84. The lowest BCUT2D eigenvalue weighted by molar-refractivity contribution is 0.0359. The first kappa shape index (κ1) is 27.3. The number of carbonyl (C=O) groups excluding carboxylic acids is 1. The molecule has 214 valence electrons. The van der Waals surface area contributed by atoms with E-state index in [9.17, 15) is 4.79 Å². The van der Waals surface area contributed by atoms with Crippen LogP contribution in [0.3, 0.4) is 0 Å². The van der Waals surface area contributed by atoms with Gasteiger partial charge in [0.1, 0.15) is 18.1 Å². The molecule has 1 amide bonds. The standard InChI is InChI=1S/C34H40N4O3/c1-40-28-15-13-26(14-16-28)24-37-22-23-41-31-12-5-2-8-27(31)9-6-7-17-34(25-37)18-20-38(21-19-34)33(39)32-29-10-3-4-11-30(29)35-36-32/h2-5,8,10-16H,6-7,9,17-25H2,1H3,(H,35,36). The number of aromatic amines is 1. The third-order valence-corrected chi connectivity index (χ3v) is 8.95. The van der Waals surface area contributed by atoms with Crippen molar-refractivity contribution in [2.45, 2.75) is 45.1 Å². The Morgan fingerprint density at radius 1 is 0.951 bits per heavy atom.